The molecule has 3 heterocycles. The Bertz CT molecular complexity index is 724. The van der Waals surface area contributed by atoms with Gasteiger partial charge in [-0.15, -0.1) is 11.3 Å². The minimum Gasteiger partial charge on any atom is -0.342 e. The van der Waals surface area contributed by atoms with Crippen molar-refractivity contribution in [3.63, 3.8) is 0 Å². The van der Waals surface area contributed by atoms with Gasteiger partial charge >= 0.3 is 0 Å². The molecular formula is C21H28N2O2S. The number of aryl methyl sites for hydroxylation is 1. The molecule has 5 rings (SSSR count). The summed E-state index contributed by atoms with van der Waals surface area (Å²) in [5, 5.41) is 2.12. The Morgan fingerprint density at radius 3 is 2.69 bits per heavy atom. The average Bonchev–Trinajstić information content (AvgIpc) is 3.45. The van der Waals surface area contributed by atoms with Crippen LogP contribution < -0.4 is 0 Å². The summed E-state index contributed by atoms with van der Waals surface area (Å²) in [6.45, 7) is 2.59. The van der Waals surface area contributed by atoms with Gasteiger partial charge in [0.15, 0.2) is 0 Å². The summed E-state index contributed by atoms with van der Waals surface area (Å²) in [6, 6.07) is 0.332. The molecule has 0 bridgehead atoms. The van der Waals surface area contributed by atoms with Gasteiger partial charge in [0.05, 0.1) is 5.56 Å². The first-order valence-electron chi connectivity index (χ1n) is 10.4. The molecule has 3 fully saturated rings. The van der Waals surface area contributed by atoms with Crippen molar-refractivity contribution in [1.29, 1.82) is 0 Å². The Morgan fingerprint density at radius 2 is 1.85 bits per heavy atom. The molecule has 0 N–H and O–H groups in total. The lowest BCUT2D eigenvalue weighted by Crippen LogP contribution is -2.56. The van der Waals surface area contributed by atoms with Gasteiger partial charge in [-0.25, -0.2) is 0 Å². The van der Waals surface area contributed by atoms with E-state index in [1.807, 2.05) is 0 Å². The van der Waals surface area contributed by atoms with Crippen molar-refractivity contribution in [3.8, 4) is 0 Å². The first-order chi connectivity index (χ1) is 12.7. The minimum absolute atomic E-state index is 0.265. The van der Waals surface area contributed by atoms with Crippen LogP contribution in [0.3, 0.4) is 0 Å². The fourth-order valence-electron chi connectivity index (χ4n) is 5.27. The second-order valence-corrected chi connectivity index (χ2v) is 9.54. The Balaban J connectivity index is 1.33. The van der Waals surface area contributed by atoms with Gasteiger partial charge in [-0.3, -0.25) is 9.59 Å². The molecule has 0 aromatic carbocycles. The molecule has 0 unspecified atom stereocenters. The maximum absolute atomic E-state index is 13.4. The van der Waals surface area contributed by atoms with Gasteiger partial charge in [0, 0.05) is 41.9 Å². The van der Waals surface area contributed by atoms with Crippen LogP contribution in [0.4, 0.5) is 0 Å². The monoisotopic (exact) mass is 372 g/mol. The van der Waals surface area contributed by atoms with Crippen molar-refractivity contribution in [1.82, 2.24) is 9.80 Å². The van der Waals surface area contributed by atoms with E-state index in [0.29, 0.717) is 23.8 Å². The van der Waals surface area contributed by atoms with Crippen LogP contribution >= 0.6 is 11.3 Å². The summed E-state index contributed by atoms with van der Waals surface area (Å²) in [5.41, 5.74) is 2.33. The Labute approximate surface area is 159 Å². The molecule has 1 saturated carbocycles. The number of piperidine rings is 2. The molecule has 1 aromatic rings. The third-order valence-corrected chi connectivity index (χ3v) is 7.95. The smallest absolute Gasteiger partial charge is 0.255 e. The normalized spacial score (nSPS) is 28.5. The molecular weight excluding hydrogens is 344 g/mol. The number of thiophene rings is 1. The van der Waals surface area contributed by atoms with Crippen LogP contribution in [0.2, 0.25) is 0 Å². The van der Waals surface area contributed by atoms with E-state index in [0.717, 1.165) is 70.1 Å². The highest BCUT2D eigenvalue weighted by Crippen LogP contribution is 2.37. The molecule has 4 nitrogen and oxygen atoms in total. The fourth-order valence-corrected chi connectivity index (χ4v) is 6.39. The van der Waals surface area contributed by atoms with Crippen molar-refractivity contribution in [2.45, 2.75) is 63.8 Å². The molecule has 4 aliphatic rings. The van der Waals surface area contributed by atoms with Crippen LogP contribution in [-0.4, -0.2) is 47.3 Å². The molecule has 2 atom stereocenters. The van der Waals surface area contributed by atoms with E-state index in [1.54, 1.807) is 11.3 Å². The summed E-state index contributed by atoms with van der Waals surface area (Å²) in [4.78, 5) is 31.5. The van der Waals surface area contributed by atoms with E-state index in [9.17, 15) is 9.59 Å². The molecule has 2 aliphatic heterocycles. The number of amides is 2. The number of rotatable bonds is 2. The molecule has 26 heavy (non-hydrogen) atoms. The van der Waals surface area contributed by atoms with Crippen molar-refractivity contribution in [2.24, 2.45) is 11.8 Å². The van der Waals surface area contributed by atoms with Crippen molar-refractivity contribution >= 4 is 23.2 Å². The van der Waals surface area contributed by atoms with Crippen molar-refractivity contribution < 1.29 is 9.59 Å². The molecule has 0 radical (unpaired) electrons. The van der Waals surface area contributed by atoms with Gasteiger partial charge in [0.2, 0.25) is 5.91 Å². The quantitative estimate of drug-likeness (QED) is 0.797. The lowest BCUT2D eigenvalue weighted by atomic mass is 9.83. The fraction of sp³-hybridized carbons (Fsp3) is 0.714. The summed E-state index contributed by atoms with van der Waals surface area (Å²) in [5.74, 6) is 1.42. The minimum atomic E-state index is 0.265. The van der Waals surface area contributed by atoms with E-state index in [2.05, 4.69) is 15.2 Å². The van der Waals surface area contributed by atoms with Crippen LogP contribution in [0.25, 0.3) is 0 Å². The van der Waals surface area contributed by atoms with Gasteiger partial charge in [-0.2, -0.15) is 0 Å². The largest absolute Gasteiger partial charge is 0.342 e. The highest BCUT2D eigenvalue weighted by molar-refractivity contribution is 7.10. The zero-order valence-corrected chi connectivity index (χ0v) is 16.2. The molecule has 140 valence electrons. The van der Waals surface area contributed by atoms with E-state index < -0.39 is 0 Å². The number of carbonyl (C=O) groups excluding carboxylic acids is 2. The maximum Gasteiger partial charge on any atom is 0.255 e. The Morgan fingerprint density at radius 1 is 1.00 bits per heavy atom. The number of nitrogens with zero attached hydrogens (tertiary/aromatic N) is 2. The Kier molecular flexibility index (Phi) is 4.30. The number of likely N-dealkylation sites (tertiary alicyclic amines) is 2. The second kappa shape index (κ2) is 6.66. The second-order valence-electron chi connectivity index (χ2n) is 8.57. The first-order valence-corrected chi connectivity index (χ1v) is 11.3. The van der Waals surface area contributed by atoms with E-state index in [4.69, 9.17) is 0 Å². The SMILES string of the molecule is O=C(C1CC1)N1CC[C@H]2[C@H](CCCN2C(=O)c2csc3c2CCCC3)C1. The number of fused-ring (bicyclic) bond motifs is 2. The summed E-state index contributed by atoms with van der Waals surface area (Å²) in [7, 11) is 0. The van der Waals surface area contributed by atoms with Gasteiger partial charge in [0.25, 0.3) is 5.91 Å². The Hall–Kier alpha value is -1.36. The molecule has 5 heteroatoms. The molecule has 2 aliphatic carbocycles. The number of hydrogen-bond donors (Lipinski definition) is 0. The van der Waals surface area contributed by atoms with Crippen LogP contribution in [-0.2, 0) is 17.6 Å². The highest BCUT2D eigenvalue weighted by Gasteiger charge is 2.42. The van der Waals surface area contributed by atoms with Crippen LogP contribution in [0, 0.1) is 11.8 Å². The molecule has 1 aromatic heterocycles. The van der Waals surface area contributed by atoms with E-state index in [-0.39, 0.29) is 5.91 Å². The number of carbonyl (C=O) groups is 2. The lowest BCUT2D eigenvalue weighted by Gasteiger charge is -2.47. The molecule has 0 spiro atoms. The third-order valence-electron chi connectivity index (χ3n) is 6.86. The van der Waals surface area contributed by atoms with Crippen LogP contribution in [0.15, 0.2) is 5.38 Å². The lowest BCUT2D eigenvalue weighted by molar-refractivity contribution is -0.135. The van der Waals surface area contributed by atoms with Crippen molar-refractivity contribution in [3.05, 3.63) is 21.4 Å². The molecule has 2 saturated heterocycles. The zero-order valence-electron chi connectivity index (χ0n) is 15.4. The standard InChI is InChI=1S/C21H28N2O2S/c24-20(14-7-8-14)22-11-9-18-15(12-22)4-3-10-23(18)21(25)17-13-26-19-6-2-1-5-16(17)19/h13-15,18H,1-12H2/t15-,18+/m1/s1. The van der Waals surface area contributed by atoms with E-state index >= 15 is 0 Å². The van der Waals surface area contributed by atoms with Gasteiger partial charge in [-0.1, -0.05) is 0 Å². The van der Waals surface area contributed by atoms with Gasteiger partial charge in [-0.05, 0) is 69.3 Å². The average molecular weight is 373 g/mol. The van der Waals surface area contributed by atoms with Gasteiger partial charge in [0.1, 0.15) is 0 Å². The van der Waals surface area contributed by atoms with E-state index in [1.165, 1.54) is 23.3 Å². The maximum atomic E-state index is 13.4. The first kappa shape index (κ1) is 16.8. The molecule has 2 amide bonds. The van der Waals surface area contributed by atoms with Crippen LogP contribution in [0.5, 0.6) is 0 Å². The van der Waals surface area contributed by atoms with Crippen LogP contribution in [0.1, 0.15) is 65.7 Å². The predicted octanol–water partition coefficient (Wildman–Crippen LogP) is 3.49. The number of hydrogen-bond acceptors (Lipinski definition) is 3. The summed E-state index contributed by atoms with van der Waals surface area (Å²) >= 11 is 1.79. The summed E-state index contributed by atoms with van der Waals surface area (Å²) in [6.07, 6.45) is 10.1. The zero-order chi connectivity index (χ0) is 17.7. The van der Waals surface area contributed by atoms with Crippen molar-refractivity contribution in [2.75, 3.05) is 19.6 Å². The summed E-state index contributed by atoms with van der Waals surface area (Å²) < 4.78 is 0. The van der Waals surface area contributed by atoms with Gasteiger partial charge < -0.3 is 9.80 Å². The third kappa shape index (κ3) is 2.88. The topological polar surface area (TPSA) is 40.6 Å². The highest BCUT2D eigenvalue weighted by atomic mass is 32.1. The predicted molar refractivity (Wildman–Crippen MR) is 102 cm³/mol.